The van der Waals surface area contributed by atoms with Gasteiger partial charge in [-0.05, 0) is 110 Å². The fourth-order valence-corrected chi connectivity index (χ4v) is 6.07. The third kappa shape index (κ3) is 7.49. The van der Waals surface area contributed by atoms with Crippen LogP contribution in [0, 0.1) is 35.0 Å². The van der Waals surface area contributed by atoms with Gasteiger partial charge in [0.05, 0.1) is 5.56 Å². The normalized spacial score (nSPS) is 17.1. The van der Waals surface area contributed by atoms with Crippen LogP contribution in [0.4, 0.5) is 43.9 Å². The van der Waals surface area contributed by atoms with Gasteiger partial charge in [0.25, 0.3) is 0 Å². The molecule has 1 aliphatic carbocycles. The van der Waals surface area contributed by atoms with Crippen LogP contribution in [-0.4, -0.2) is 0 Å². The second kappa shape index (κ2) is 13.4. The molecular weight excluding hydrogens is 638 g/mol. The maximum absolute atomic E-state index is 15.2. The van der Waals surface area contributed by atoms with Gasteiger partial charge in [-0.3, -0.25) is 0 Å². The molecule has 0 saturated heterocycles. The lowest BCUT2D eigenvalue weighted by atomic mass is 9.77. The first-order valence-corrected chi connectivity index (χ1v) is 14.8. The zero-order valence-electron chi connectivity index (χ0n) is 24.7. The van der Waals surface area contributed by atoms with E-state index in [0.717, 1.165) is 62.3 Å². The molecular formula is C36H28F10O. The van der Waals surface area contributed by atoms with Gasteiger partial charge in [-0.1, -0.05) is 24.3 Å². The van der Waals surface area contributed by atoms with Gasteiger partial charge in [-0.15, -0.1) is 6.58 Å². The molecule has 0 heterocycles. The average Bonchev–Trinajstić information content (AvgIpc) is 2.99. The highest BCUT2D eigenvalue weighted by Crippen LogP contribution is 2.41. The van der Waals surface area contributed by atoms with Crippen LogP contribution >= 0.6 is 0 Å². The molecule has 248 valence electrons. The Labute approximate surface area is 264 Å². The maximum atomic E-state index is 15.2. The second-order valence-corrected chi connectivity index (χ2v) is 11.6. The van der Waals surface area contributed by atoms with Gasteiger partial charge in [0.2, 0.25) is 0 Å². The molecule has 11 heteroatoms. The number of rotatable bonds is 9. The molecule has 1 aliphatic rings. The Morgan fingerprint density at radius 1 is 0.660 bits per heavy atom. The summed E-state index contributed by atoms with van der Waals surface area (Å²) in [7, 11) is 0. The largest absolute Gasteiger partial charge is 0.432 e. The highest BCUT2D eigenvalue weighted by molar-refractivity contribution is 5.67. The minimum Gasteiger partial charge on any atom is -0.429 e. The van der Waals surface area contributed by atoms with E-state index in [-0.39, 0.29) is 22.6 Å². The average molecular weight is 667 g/mol. The summed E-state index contributed by atoms with van der Waals surface area (Å²) in [6.07, 6.45) is -2.07. The number of hydrogen-bond donors (Lipinski definition) is 0. The van der Waals surface area contributed by atoms with E-state index in [1.54, 1.807) is 6.07 Å². The Hall–Kier alpha value is -4.28. The summed E-state index contributed by atoms with van der Waals surface area (Å²) in [5.74, 6) is -7.40. The molecule has 5 rings (SSSR count). The first-order chi connectivity index (χ1) is 22.2. The number of allylic oxidation sites excluding steroid dienone is 1. The standard InChI is InChI=1S/C36H28F10O/c1-2-3-4-20-5-7-21(8-6-20)22-9-12-27(29(37)15-22)24-17-32(40)34(33(41)18-24)36(45,46)47-25-11-13-26(30(38)19-25)23-10-14-28(31(39)16-23)35(42,43)44/h2,9-21H,1,3-8H2. The minimum atomic E-state index is -4.99. The van der Waals surface area contributed by atoms with Crippen molar-refractivity contribution in [3.63, 3.8) is 0 Å². The monoisotopic (exact) mass is 666 g/mol. The summed E-state index contributed by atoms with van der Waals surface area (Å²) in [5, 5.41) is 0. The molecule has 1 nitrogen and oxygen atoms in total. The first kappa shape index (κ1) is 34.1. The Balaban J connectivity index is 1.33. The lowest BCUT2D eigenvalue weighted by Gasteiger charge is -2.28. The molecule has 0 spiro atoms. The van der Waals surface area contributed by atoms with E-state index in [1.165, 1.54) is 12.1 Å². The third-order valence-electron chi connectivity index (χ3n) is 8.51. The van der Waals surface area contributed by atoms with E-state index in [0.29, 0.717) is 36.2 Å². The smallest absolute Gasteiger partial charge is 0.429 e. The van der Waals surface area contributed by atoms with Gasteiger partial charge in [0.15, 0.2) is 0 Å². The van der Waals surface area contributed by atoms with Crippen LogP contribution in [0.15, 0.2) is 79.4 Å². The van der Waals surface area contributed by atoms with Crippen molar-refractivity contribution in [3.8, 4) is 28.0 Å². The SMILES string of the molecule is C=CCCC1CCC(c2ccc(-c3cc(F)c(C(F)(F)Oc4ccc(-c5ccc(C(F)(F)F)c(F)c5)c(F)c4)c(F)c3)c(F)c2)CC1. The number of ether oxygens (including phenoxy) is 1. The fourth-order valence-electron chi connectivity index (χ4n) is 6.07. The van der Waals surface area contributed by atoms with Crippen molar-refractivity contribution in [1.82, 2.24) is 0 Å². The Morgan fingerprint density at radius 3 is 1.83 bits per heavy atom. The van der Waals surface area contributed by atoms with Crippen molar-refractivity contribution < 1.29 is 48.6 Å². The molecule has 1 saturated carbocycles. The molecule has 0 aliphatic heterocycles. The topological polar surface area (TPSA) is 9.23 Å². The highest BCUT2D eigenvalue weighted by Gasteiger charge is 2.41. The van der Waals surface area contributed by atoms with Crippen molar-refractivity contribution in [2.24, 2.45) is 5.92 Å². The minimum absolute atomic E-state index is 0.125. The zero-order chi connectivity index (χ0) is 34.1. The second-order valence-electron chi connectivity index (χ2n) is 11.6. The van der Waals surface area contributed by atoms with Crippen molar-refractivity contribution in [2.45, 2.75) is 56.7 Å². The Kier molecular flexibility index (Phi) is 9.75. The molecule has 4 aromatic carbocycles. The van der Waals surface area contributed by atoms with Gasteiger partial charge >= 0.3 is 12.3 Å². The van der Waals surface area contributed by atoms with Crippen molar-refractivity contribution >= 4 is 0 Å². The molecule has 0 amide bonds. The Bertz CT molecular complexity index is 1750. The maximum Gasteiger partial charge on any atom is 0.432 e. The summed E-state index contributed by atoms with van der Waals surface area (Å²) in [5.41, 5.74) is -3.93. The van der Waals surface area contributed by atoms with E-state index in [9.17, 15) is 22.0 Å². The van der Waals surface area contributed by atoms with E-state index in [2.05, 4.69) is 11.3 Å². The molecule has 47 heavy (non-hydrogen) atoms. The molecule has 0 unspecified atom stereocenters. The van der Waals surface area contributed by atoms with Crippen LogP contribution in [0.5, 0.6) is 5.75 Å². The summed E-state index contributed by atoms with van der Waals surface area (Å²) >= 11 is 0. The summed E-state index contributed by atoms with van der Waals surface area (Å²) in [6, 6.07) is 9.02. The van der Waals surface area contributed by atoms with Crippen molar-refractivity contribution in [2.75, 3.05) is 0 Å². The highest BCUT2D eigenvalue weighted by atomic mass is 19.4. The van der Waals surface area contributed by atoms with E-state index < -0.39 is 63.8 Å². The third-order valence-corrected chi connectivity index (χ3v) is 8.51. The first-order valence-electron chi connectivity index (χ1n) is 14.8. The van der Waals surface area contributed by atoms with Crippen LogP contribution in [0.25, 0.3) is 22.3 Å². The van der Waals surface area contributed by atoms with Crippen LogP contribution in [0.2, 0.25) is 0 Å². The Morgan fingerprint density at radius 2 is 1.26 bits per heavy atom. The van der Waals surface area contributed by atoms with Gasteiger partial charge < -0.3 is 4.74 Å². The summed E-state index contributed by atoms with van der Waals surface area (Å²) < 4.78 is 147. The molecule has 1 fully saturated rings. The van der Waals surface area contributed by atoms with Gasteiger partial charge in [0.1, 0.15) is 40.4 Å². The fraction of sp³-hybridized carbons (Fsp3) is 0.278. The predicted octanol–water partition coefficient (Wildman–Crippen LogP) is 12.1. The van der Waals surface area contributed by atoms with Crippen molar-refractivity contribution in [3.05, 3.63) is 125 Å². The quantitative estimate of drug-likeness (QED) is 0.128. The van der Waals surface area contributed by atoms with Crippen LogP contribution in [0.3, 0.4) is 0 Å². The van der Waals surface area contributed by atoms with Crippen LogP contribution in [-0.2, 0) is 12.3 Å². The lowest BCUT2D eigenvalue weighted by Crippen LogP contribution is -2.25. The summed E-state index contributed by atoms with van der Waals surface area (Å²) in [4.78, 5) is 0. The van der Waals surface area contributed by atoms with E-state index >= 15 is 22.0 Å². The number of benzene rings is 4. The van der Waals surface area contributed by atoms with Crippen LogP contribution < -0.4 is 4.74 Å². The van der Waals surface area contributed by atoms with E-state index in [1.807, 2.05) is 6.08 Å². The molecule has 0 aromatic heterocycles. The van der Waals surface area contributed by atoms with Gasteiger partial charge in [-0.25, -0.2) is 22.0 Å². The molecule has 0 radical (unpaired) electrons. The molecule has 0 bridgehead atoms. The van der Waals surface area contributed by atoms with E-state index in [4.69, 9.17) is 0 Å². The number of halogens is 10. The van der Waals surface area contributed by atoms with Gasteiger partial charge in [-0.2, -0.15) is 22.0 Å². The summed E-state index contributed by atoms with van der Waals surface area (Å²) in [6.45, 7) is 3.74. The zero-order valence-corrected chi connectivity index (χ0v) is 24.7. The lowest BCUT2D eigenvalue weighted by molar-refractivity contribution is -0.189. The van der Waals surface area contributed by atoms with Crippen LogP contribution in [0.1, 0.15) is 61.1 Å². The predicted molar refractivity (Wildman–Crippen MR) is 157 cm³/mol. The molecule has 0 N–H and O–H groups in total. The number of alkyl halides is 5. The number of hydrogen-bond acceptors (Lipinski definition) is 1. The molecule has 4 aromatic rings. The van der Waals surface area contributed by atoms with Crippen molar-refractivity contribution in [1.29, 1.82) is 0 Å². The van der Waals surface area contributed by atoms with Gasteiger partial charge in [0, 0.05) is 17.2 Å². The molecule has 0 atom stereocenters.